The van der Waals surface area contributed by atoms with Gasteiger partial charge in [0.2, 0.25) is 5.91 Å². The molecule has 4 atom stereocenters. The van der Waals surface area contributed by atoms with Crippen molar-refractivity contribution in [2.45, 2.75) is 52.5 Å². The number of nitrogens with zero attached hydrogens (tertiary/aromatic N) is 1. The number of amides is 1. The average Bonchev–Trinajstić information content (AvgIpc) is 2.99. The Morgan fingerprint density at radius 2 is 1.81 bits per heavy atom. The molecule has 1 aliphatic heterocycles. The number of rotatable bonds is 4. The summed E-state index contributed by atoms with van der Waals surface area (Å²) in [6.07, 6.45) is 3.59. The van der Waals surface area contributed by atoms with Gasteiger partial charge in [-0.25, -0.2) is 0 Å². The lowest BCUT2D eigenvalue weighted by atomic mass is 9.77. The number of ether oxygens (including phenoxy) is 1. The largest absolute Gasteiger partial charge is 0.426 e. The van der Waals surface area contributed by atoms with E-state index in [1.54, 1.807) is 24.3 Å². The van der Waals surface area contributed by atoms with Crippen molar-refractivity contribution in [2.75, 3.05) is 6.54 Å². The van der Waals surface area contributed by atoms with E-state index < -0.39 is 5.92 Å². The summed E-state index contributed by atoms with van der Waals surface area (Å²) in [6.45, 7) is 6.40. The fourth-order valence-electron chi connectivity index (χ4n) is 4.16. The molecule has 0 unspecified atom stereocenters. The third-order valence-electron chi connectivity index (χ3n) is 6.04. The molecule has 1 heterocycles. The lowest BCUT2D eigenvalue weighted by Gasteiger charge is -2.39. The Labute approximate surface area is 154 Å². The molecule has 1 saturated heterocycles. The third kappa shape index (κ3) is 3.81. The van der Waals surface area contributed by atoms with E-state index in [0.29, 0.717) is 29.7 Å². The highest BCUT2D eigenvalue weighted by molar-refractivity contribution is 5.94. The van der Waals surface area contributed by atoms with Crippen LogP contribution in [0.4, 0.5) is 0 Å². The smallest absolute Gasteiger partial charge is 0.316 e. The molecule has 0 spiro atoms. The molecule has 1 aromatic rings. The minimum atomic E-state index is -0.417. The van der Waals surface area contributed by atoms with Crippen molar-refractivity contribution in [2.24, 2.45) is 17.8 Å². The molecule has 0 bridgehead atoms. The minimum Gasteiger partial charge on any atom is -0.426 e. The molecule has 140 valence electrons. The molecule has 1 aliphatic carbocycles. The van der Waals surface area contributed by atoms with Crippen LogP contribution in [-0.2, 0) is 9.59 Å². The lowest BCUT2D eigenvalue weighted by Crippen LogP contribution is -2.45. The molecule has 5 heteroatoms. The van der Waals surface area contributed by atoms with Crippen LogP contribution in [0.1, 0.15) is 56.8 Å². The van der Waals surface area contributed by atoms with Crippen molar-refractivity contribution in [3.8, 4) is 5.75 Å². The summed E-state index contributed by atoms with van der Waals surface area (Å²) >= 11 is 0. The van der Waals surface area contributed by atoms with Gasteiger partial charge in [-0.2, -0.15) is 0 Å². The number of Topliss-reactive ketones (excluding diaryl/α,β-unsaturated/α-hetero) is 1. The molecule has 5 nitrogen and oxygen atoms in total. The van der Waals surface area contributed by atoms with Gasteiger partial charge >= 0.3 is 5.97 Å². The zero-order valence-corrected chi connectivity index (χ0v) is 15.7. The first kappa shape index (κ1) is 18.6. The summed E-state index contributed by atoms with van der Waals surface area (Å²) in [6, 6.07) is 6.76. The molecule has 26 heavy (non-hydrogen) atoms. The molecular formula is C21H27NO4. The molecule has 1 aromatic carbocycles. The zero-order valence-electron chi connectivity index (χ0n) is 15.7. The monoisotopic (exact) mass is 357 g/mol. The molecule has 2 aliphatic rings. The van der Waals surface area contributed by atoms with Crippen LogP contribution < -0.4 is 4.74 Å². The normalized spacial score (nSPS) is 28.9. The highest BCUT2D eigenvalue weighted by Crippen LogP contribution is 2.36. The summed E-state index contributed by atoms with van der Waals surface area (Å²) in [5, 5.41) is 0. The van der Waals surface area contributed by atoms with Crippen molar-refractivity contribution in [3.05, 3.63) is 29.8 Å². The van der Waals surface area contributed by atoms with Crippen molar-refractivity contribution < 1.29 is 19.1 Å². The van der Waals surface area contributed by atoms with E-state index in [0.717, 1.165) is 12.8 Å². The van der Waals surface area contributed by atoms with E-state index in [2.05, 4.69) is 13.8 Å². The van der Waals surface area contributed by atoms with Gasteiger partial charge in [0.25, 0.3) is 0 Å². The van der Waals surface area contributed by atoms with Crippen LogP contribution >= 0.6 is 0 Å². The first-order valence-electron chi connectivity index (χ1n) is 9.49. The predicted octanol–water partition coefficient (Wildman–Crippen LogP) is 3.47. The van der Waals surface area contributed by atoms with Crippen molar-refractivity contribution >= 4 is 17.7 Å². The maximum atomic E-state index is 12.5. The van der Waals surface area contributed by atoms with Gasteiger partial charge in [-0.1, -0.05) is 26.7 Å². The topological polar surface area (TPSA) is 63.7 Å². The minimum absolute atomic E-state index is 0.0317. The average molecular weight is 357 g/mol. The first-order valence-corrected chi connectivity index (χ1v) is 9.49. The summed E-state index contributed by atoms with van der Waals surface area (Å²) in [5.41, 5.74) is 0.576. The molecule has 0 N–H and O–H groups in total. The summed E-state index contributed by atoms with van der Waals surface area (Å²) in [4.78, 5) is 38.2. The number of benzene rings is 1. The van der Waals surface area contributed by atoms with Crippen LogP contribution in [-0.4, -0.2) is 35.1 Å². The van der Waals surface area contributed by atoms with Crippen LogP contribution in [0.15, 0.2) is 24.3 Å². The van der Waals surface area contributed by atoms with Crippen LogP contribution in [0.5, 0.6) is 5.75 Å². The van der Waals surface area contributed by atoms with E-state index in [1.165, 1.54) is 13.3 Å². The molecule has 0 aromatic heterocycles. The number of carbonyl (C=O) groups excluding carboxylic acids is 3. The summed E-state index contributed by atoms with van der Waals surface area (Å²) in [5.74, 6) is 0.715. The Kier molecular flexibility index (Phi) is 5.44. The second-order valence-corrected chi connectivity index (χ2v) is 7.78. The Balaban J connectivity index is 1.62. The number of likely N-dealkylation sites (tertiary alicyclic amines) is 1. The number of esters is 1. The van der Waals surface area contributed by atoms with Gasteiger partial charge in [-0.15, -0.1) is 0 Å². The van der Waals surface area contributed by atoms with Gasteiger partial charge in [0.1, 0.15) is 5.75 Å². The molecule has 2 fully saturated rings. The van der Waals surface area contributed by atoms with Gasteiger partial charge < -0.3 is 9.64 Å². The Morgan fingerprint density at radius 3 is 2.46 bits per heavy atom. The second-order valence-electron chi connectivity index (χ2n) is 7.78. The fourth-order valence-corrected chi connectivity index (χ4v) is 4.16. The van der Waals surface area contributed by atoms with Crippen molar-refractivity contribution in [1.29, 1.82) is 0 Å². The second kappa shape index (κ2) is 7.60. The maximum absolute atomic E-state index is 12.5. The number of ketones is 1. The van der Waals surface area contributed by atoms with Crippen LogP contribution in [0.25, 0.3) is 0 Å². The Hall–Kier alpha value is -2.17. The SMILES string of the molecule is CC(=O)c1ccc(OC(=O)[C@@H]2CC(=O)N([C@@H]3CCC[C@H](C)[C@H]3C)C2)cc1. The molecule has 0 radical (unpaired) electrons. The van der Waals surface area contributed by atoms with E-state index in [-0.39, 0.29) is 30.1 Å². The van der Waals surface area contributed by atoms with E-state index >= 15 is 0 Å². The van der Waals surface area contributed by atoms with E-state index in [9.17, 15) is 14.4 Å². The Bertz CT molecular complexity index is 696. The molecule has 1 saturated carbocycles. The lowest BCUT2D eigenvalue weighted by molar-refractivity contribution is -0.139. The van der Waals surface area contributed by atoms with E-state index in [1.807, 2.05) is 4.90 Å². The predicted molar refractivity (Wildman–Crippen MR) is 97.9 cm³/mol. The fraction of sp³-hybridized carbons (Fsp3) is 0.571. The van der Waals surface area contributed by atoms with Gasteiger partial charge in [-0.05, 0) is 49.4 Å². The van der Waals surface area contributed by atoms with Gasteiger partial charge in [0, 0.05) is 24.6 Å². The Morgan fingerprint density at radius 1 is 1.12 bits per heavy atom. The van der Waals surface area contributed by atoms with Crippen LogP contribution in [0, 0.1) is 17.8 Å². The van der Waals surface area contributed by atoms with Gasteiger partial charge in [0.15, 0.2) is 5.78 Å². The highest BCUT2D eigenvalue weighted by atomic mass is 16.5. The maximum Gasteiger partial charge on any atom is 0.316 e. The van der Waals surface area contributed by atoms with Crippen molar-refractivity contribution in [1.82, 2.24) is 4.90 Å². The zero-order chi connectivity index (χ0) is 18.8. The quantitative estimate of drug-likeness (QED) is 0.470. The number of hydrogen-bond acceptors (Lipinski definition) is 4. The summed E-state index contributed by atoms with van der Waals surface area (Å²) in [7, 11) is 0. The van der Waals surface area contributed by atoms with Gasteiger partial charge in [-0.3, -0.25) is 14.4 Å². The highest BCUT2D eigenvalue weighted by Gasteiger charge is 2.42. The van der Waals surface area contributed by atoms with Crippen LogP contribution in [0.2, 0.25) is 0 Å². The standard InChI is InChI=1S/C21H27NO4/c1-13-5-4-6-19(14(13)2)22-12-17(11-20(22)24)21(25)26-18-9-7-16(8-10-18)15(3)23/h7-10,13-14,17,19H,4-6,11-12H2,1-3H3/t13-,14+,17+,19+/m0/s1. The van der Waals surface area contributed by atoms with Crippen LogP contribution in [0.3, 0.4) is 0 Å². The molecule has 3 rings (SSSR count). The molecule has 1 amide bonds. The first-order chi connectivity index (χ1) is 12.4. The summed E-state index contributed by atoms with van der Waals surface area (Å²) < 4.78 is 5.44. The number of carbonyl (C=O) groups is 3. The van der Waals surface area contributed by atoms with Gasteiger partial charge in [0.05, 0.1) is 5.92 Å². The van der Waals surface area contributed by atoms with Crippen molar-refractivity contribution in [3.63, 3.8) is 0 Å². The number of hydrogen-bond donors (Lipinski definition) is 0. The third-order valence-corrected chi connectivity index (χ3v) is 6.04. The molecular weight excluding hydrogens is 330 g/mol. The van der Waals surface area contributed by atoms with E-state index in [4.69, 9.17) is 4.74 Å².